The lowest BCUT2D eigenvalue weighted by Gasteiger charge is -2.26. The first kappa shape index (κ1) is 14.6. The second kappa shape index (κ2) is 5.26. The van der Waals surface area contributed by atoms with Gasteiger partial charge in [0, 0.05) is 31.1 Å². The van der Waals surface area contributed by atoms with E-state index >= 15 is 0 Å². The van der Waals surface area contributed by atoms with Gasteiger partial charge in [-0.15, -0.1) is 0 Å². The van der Waals surface area contributed by atoms with Crippen molar-refractivity contribution in [2.45, 2.75) is 31.9 Å². The molecule has 0 aromatic heterocycles. The van der Waals surface area contributed by atoms with Gasteiger partial charge in [0.15, 0.2) is 5.78 Å². The highest BCUT2D eigenvalue weighted by molar-refractivity contribution is 5.99. The van der Waals surface area contributed by atoms with Crippen molar-refractivity contribution in [2.75, 3.05) is 11.9 Å². The summed E-state index contributed by atoms with van der Waals surface area (Å²) in [6.07, 6.45) is -5.11. The van der Waals surface area contributed by atoms with E-state index in [9.17, 15) is 22.8 Å². The van der Waals surface area contributed by atoms with Crippen molar-refractivity contribution in [1.29, 1.82) is 0 Å². The van der Waals surface area contributed by atoms with E-state index in [1.165, 1.54) is 11.0 Å². The summed E-state index contributed by atoms with van der Waals surface area (Å²) in [5.41, 5.74) is 1.81. The summed E-state index contributed by atoms with van der Waals surface area (Å²) in [7, 11) is 1.64. The van der Waals surface area contributed by atoms with Gasteiger partial charge >= 0.3 is 6.18 Å². The summed E-state index contributed by atoms with van der Waals surface area (Å²) in [4.78, 5) is 24.8. The van der Waals surface area contributed by atoms with E-state index in [2.05, 4.69) is 0 Å². The number of Topliss-reactive ketones (excluding diaryl/α,β-unsaturated/α-hetero) is 1. The van der Waals surface area contributed by atoms with Crippen LogP contribution in [-0.4, -0.2) is 24.9 Å². The first-order valence-corrected chi connectivity index (χ1v) is 6.27. The number of amides is 1. The van der Waals surface area contributed by atoms with E-state index in [4.69, 9.17) is 0 Å². The number of ketones is 1. The fourth-order valence-corrected chi connectivity index (χ4v) is 2.23. The van der Waals surface area contributed by atoms with E-state index in [0.717, 1.165) is 5.56 Å². The van der Waals surface area contributed by atoms with Crippen molar-refractivity contribution in [2.24, 2.45) is 0 Å². The zero-order chi connectivity index (χ0) is 14.9. The van der Waals surface area contributed by atoms with Crippen molar-refractivity contribution in [3.8, 4) is 0 Å². The second-order valence-electron chi connectivity index (χ2n) is 4.83. The Bertz CT molecular complexity index is 552. The first-order valence-electron chi connectivity index (χ1n) is 6.27. The van der Waals surface area contributed by atoms with E-state index in [1.54, 1.807) is 19.2 Å². The molecule has 6 heteroatoms. The fourth-order valence-electron chi connectivity index (χ4n) is 2.23. The average Bonchev–Trinajstić information content (AvgIpc) is 2.39. The molecule has 1 aromatic carbocycles. The van der Waals surface area contributed by atoms with Gasteiger partial charge in [-0.25, -0.2) is 0 Å². The molecule has 1 aliphatic heterocycles. The molecule has 3 nitrogen and oxygen atoms in total. The van der Waals surface area contributed by atoms with Gasteiger partial charge in [0.1, 0.15) is 0 Å². The maximum absolute atomic E-state index is 12.1. The Hall–Kier alpha value is -1.85. The Balaban J connectivity index is 2.15. The number of aryl methyl sites for hydroxylation is 1. The summed E-state index contributed by atoms with van der Waals surface area (Å²) in [5, 5.41) is 0. The molecule has 1 heterocycles. The van der Waals surface area contributed by atoms with Crippen LogP contribution in [0, 0.1) is 0 Å². The molecule has 0 fully saturated rings. The highest BCUT2D eigenvalue weighted by atomic mass is 19.4. The number of fused-ring (bicyclic) bond motifs is 1. The molecule has 0 aliphatic carbocycles. The maximum atomic E-state index is 12.1. The number of hydrogen-bond donors (Lipinski definition) is 0. The maximum Gasteiger partial charge on any atom is 0.389 e. The highest BCUT2D eigenvalue weighted by Gasteiger charge is 2.28. The molecule has 108 valence electrons. The van der Waals surface area contributed by atoms with Crippen molar-refractivity contribution >= 4 is 17.4 Å². The van der Waals surface area contributed by atoms with E-state index in [0.29, 0.717) is 18.5 Å². The van der Waals surface area contributed by atoms with Crippen LogP contribution in [0.2, 0.25) is 0 Å². The van der Waals surface area contributed by atoms with Crippen molar-refractivity contribution < 1.29 is 22.8 Å². The summed E-state index contributed by atoms with van der Waals surface area (Å²) >= 11 is 0. The largest absolute Gasteiger partial charge is 0.389 e. The molecule has 0 radical (unpaired) electrons. The van der Waals surface area contributed by atoms with E-state index in [-0.39, 0.29) is 11.5 Å². The van der Waals surface area contributed by atoms with Crippen molar-refractivity contribution in [3.63, 3.8) is 0 Å². The van der Waals surface area contributed by atoms with Crippen LogP contribution in [0.1, 0.15) is 35.2 Å². The predicted octanol–water partition coefficient (Wildman–Crippen LogP) is 3.12. The molecular weight excluding hydrogens is 271 g/mol. The first-order chi connectivity index (χ1) is 9.28. The topological polar surface area (TPSA) is 37.4 Å². The molecule has 0 bridgehead atoms. The molecule has 1 aliphatic rings. The quantitative estimate of drug-likeness (QED) is 0.800. The van der Waals surface area contributed by atoms with Crippen LogP contribution < -0.4 is 4.90 Å². The van der Waals surface area contributed by atoms with Gasteiger partial charge in [-0.1, -0.05) is 0 Å². The number of alkyl halides is 3. The molecule has 1 amide bonds. The molecule has 0 saturated carbocycles. The summed E-state index contributed by atoms with van der Waals surface area (Å²) in [5.74, 6) is -0.529. The third-order valence-electron chi connectivity index (χ3n) is 3.38. The van der Waals surface area contributed by atoms with Crippen LogP contribution in [0.15, 0.2) is 18.2 Å². The second-order valence-corrected chi connectivity index (χ2v) is 4.83. The molecule has 0 atom stereocenters. The van der Waals surface area contributed by atoms with Gasteiger partial charge in [0.05, 0.1) is 6.42 Å². The Morgan fingerprint density at radius 1 is 1.30 bits per heavy atom. The molecule has 1 aromatic rings. The molecule has 0 spiro atoms. The average molecular weight is 285 g/mol. The SMILES string of the molecule is CN1C(=O)CCc2cc(C(=O)CCC(F)(F)F)ccc21. The molecule has 2 rings (SSSR count). The van der Waals surface area contributed by atoms with Crippen LogP contribution in [0.4, 0.5) is 18.9 Å². The van der Waals surface area contributed by atoms with Gasteiger partial charge in [0.2, 0.25) is 5.91 Å². The van der Waals surface area contributed by atoms with Gasteiger partial charge in [-0.3, -0.25) is 9.59 Å². The number of carbonyl (C=O) groups excluding carboxylic acids is 2. The molecule has 0 N–H and O–H groups in total. The lowest BCUT2D eigenvalue weighted by atomic mass is 9.96. The zero-order valence-corrected chi connectivity index (χ0v) is 11.0. The summed E-state index contributed by atoms with van der Waals surface area (Å²) < 4.78 is 36.3. The lowest BCUT2D eigenvalue weighted by Crippen LogP contribution is -2.31. The molecular formula is C14H14F3NO2. The predicted molar refractivity (Wildman–Crippen MR) is 67.8 cm³/mol. The summed E-state index contributed by atoms with van der Waals surface area (Å²) in [6.45, 7) is 0. The van der Waals surface area contributed by atoms with Crippen molar-refractivity contribution in [3.05, 3.63) is 29.3 Å². The standard InChI is InChI=1S/C14H14F3NO2/c1-18-11-4-2-10(8-9(11)3-5-13(18)20)12(19)6-7-14(15,16)17/h2,4,8H,3,5-7H2,1H3. The fraction of sp³-hybridized carbons (Fsp3) is 0.429. The monoisotopic (exact) mass is 285 g/mol. The number of rotatable bonds is 3. The lowest BCUT2D eigenvalue weighted by molar-refractivity contribution is -0.133. The number of hydrogen-bond acceptors (Lipinski definition) is 2. The number of halogens is 3. The Morgan fingerprint density at radius 3 is 2.65 bits per heavy atom. The number of nitrogens with zero attached hydrogens (tertiary/aromatic N) is 1. The molecule has 20 heavy (non-hydrogen) atoms. The van der Waals surface area contributed by atoms with Crippen LogP contribution >= 0.6 is 0 Å². The minimum Gasteiger partial charge on any atom is -0.315 e. The van der Waals surface area contributed by atoms with E-state index < -0.39 is 24.8 Å². The highest BCUT2D eigenvalue weighted by Crippen LogP contribution is 2.29. The van der Waals surface area contributed by atoms with Crippen LogP contribution in [-0.2, 0) is 11.2 Å². The third-order valence-corrected chi connectivity index (χ3v) is 3.38. The van der Waals surface area contributed by atoms with Gasteiger partial charge < -0.3 is 4.90 Å². The Labute approximate surface area is 114 Å². The van der Waals surface area contributed by atoms with Crippen LogP contribution in [0.5, 0.6) is 0 Å². The smallest absolute Gasteiger partial charge is 0.315 e. The minimum atomic E-state index is -4.32. The van der Waals surface area contributed by atoms with Gasteiger partial charge in [0.25, 0.3) is 0 Å². The number of carbonyl (C=O) groups is 2. The Kier molecular flexibility index (Phi) is 3.83. The van der Waals surface area contributed by atoms with E-state index in [1.807, 2.05) is 0 Å². The zero-order valence-electron chi connectivity index (χ0n) is 11.0. The van der Waals surface area contributed by atoms with Crippen LogP contribution in [0.3, 0.4) is 0 Å². The molecule has 0 saturated heterocycles. The third kappa shape index (κ3) is 3.18. The minimum absolute atomic E-state index is 0.00588. The van der Waals surface area contributed by atoms with Crippen LogP contribution in [0.25, 0.3) is 0 Å². The summed E-state index contributed by atoms with van der Waals surface area (Å²) in [6, 6.07) is 4.69. The number of benzene rings is 1. The normalized spacial score (nSPS) is 15.2. The number of anilines is 1. The Morgan fingerprint density at radius 2 is 2.00 bits per heavy atom. The van der Waals surface area contributed by atoms with Crippen molar-refractivity contribution in [1.82, 2.24) is 0 Å². The van der Waals surface area contributed by atoms with Gasteiger partial charge in [-0.05, 0) is 30.2 Å². The molecule has 0 unspecified atom stereocenters. The van der Waals surface area contributed by atoms with Gasteiger partial charge in [-0.2, -0.15) is 13.2 Å².